The lowest BCUT2D eigenvalue weighted by Crippen LogP contribution is -2.37. The first kappa shape index (κ1) is 33.0. The Balaban J connectivity index is 0.000000369. The fraction of sp³-hybridized carbons (Fsp3) is 0.400. The molecule has 0 saturated carbocycles. The topological polar surface area (TPSA) is 130 Å². The van der Waals surface area contributed by atoms with Crippen molar-refractivity contribution >= 4 is 24.1 Å². The molecule has 2 heterocycles. The lowest BCUT2D eigenvalue weighted by molar-refractivity contribution is -0.160. The molecule has 2 aromatic rings. The molecular weight excluding hydrogens is 558 g/mol. The van der Waals surface area contributed by atoms with Crippen molar-refractivity contribution in [3.63, 3.8) is 0 Å². The summed E-state index contributed by atoms with van der Waals surface area (Å²) in [6.45, 7) is -0.694. The molecule has 0 amide bonds. The average Bonchev–Trinajstić information content (AvgIpc) is 3.48. The van der Waals surface area contributed by atoms with Crippen molar-refractivity contribution in [1.82, 2.24) is 0 Å². The van der Waals surface area contributed by atoms with Gasteiger partial charge in [0.1, 0.15) is 24.9 Å². The molecule has 0 aromatic heterocycles. The van der Waals surface area contributed by atoms with Gasteiger partial charge in [-0.05, 0) is 23.3 Å². The Kier molecular flexibility index (Phi) is 13.2. The van der Waals surface area contributed by atoms with Crippen LogP contribution in [0.2, 0.25) is 0 Å². The Morgan fingerprint density at radius 2 is 1.31 bits per heavy atom. The second-order valence-electron chi connectivity index (χ2n) is 9.14. The Hall–Kier alpha value is -3.52. The Morgan fingerprint density at radius 3 is 1.79 bits per heavy atom. The largest absolute Gasteiger partial charge is 0.460 e. The van der Waals surface area contributed by atoms with Crippen LogP contribution in [0, 0.1) is 0 Å². The SMILES string of the molecule is COC1O[C@H](CO)[C@@H](O)[C@@H]1F.COC1O[C@H](COC(=O)/C=C/c2ccccc2)[C@@H](OC(=O)/C=C/c2ccccc2)[C@@H]1F. The van der Waals surface area contributed by atoms with Crippen molar-refractivity contribution < 1.29 is 57.0 Å². The molecule has 2 N–H and O–H groups in total. The van der Waals surface area contributed by atoms with Crippen molar-refractivity contribution in [3.8, 4) is 0 Å². The summed E-state index contributed by atoms with van der Waals surface area (Å²) in [5.41, 5.74) is 1.63. The van der Waals surface area contributed by atoms with E-state index in [-0.39, 0.29) is 6.61 Å². The van der Waals surface area contributed by atoms with E-state index in [4.69, 9.17) is 33.9 Å². The smallest absolute Gasteiger partial charge is 0.331 e. The van der Waals surface area contributed by atoms with Crippen molar-refractivity contribution in [3.05, 3.63) is 83.9 Å². The maximum Gasteiger partial charge on any atom is 0.331 e. The van der Waals surface area contributed by atoms with Gasteiger partial charge in [0.2, 0.25) is 0 Å². The van der Waals surface area contributed by atoms with Crippen molar-refractivity contribution in [2.45, 2.75) is 49.3 Å². The number of alkyl halides is 2. The second kappa shape index (κ2) is 16.8. The monoisotopic (exact) mass is 592 g/mol. The summed E-state index contributed by atoms with van der Waals surface area (Å²) in [6, 6.07) is 18.3. The first-order valence-corrected chi connectivity index (χ1v) is 13.0. The zero-order chi connectivity index (χ0) is 30.5. The van der Waals surface area contributed by atoms with Gasteiger partial charge in [0, 0.05) is 26.4 Å². The number of esters is 2. The molecule has 10 nitrogen and oxygen atoms in total. The summed E-state index contributed by atoms with van der Waals surface area (Å²) < 4.78 is 57.5. The summed E-state index contributed by atoms with van der Waals surface area (Å²) in [7, 11) is 2.56. The zero-order valence-electron chi connectivity index (χ0n) is 23.0. The van der Waals surface area contributed by atoms with Gasteiger partial charge in [-0.1, -0.05) is 60.7 Å². The quantitative estimate of drug-likeness (QED) is 0.314. The highest BCUT2D eigenvalue weighted by Crippen LogP contribution is 2.28. The molecule has 2 fully saturated rings. The summed E-state index contributed by atoms with van der Waals surface area (Å²) in [5.74, 6) is -1.37. The van der Waals surface area contributed by atoms with Gasteiger partial charge < -0.3 is 38.6 Å². The van der Waals surface area contributed by atoms with Gasteiger partial charge in [-0.15, -0.1) is 0 Å². The van der Waals surface area contributed by atoms with E-state index in [0.717, 1.165) is 11.1 Å². The second-order valence-corrected chi connectivity index (χ2v) is 9.14. The molecule has 4 rings (SSSR count). The fourth-order valence-corrected chi connectivity index (χ4v) is 4.02. The van der Waals surface area contributed by atoms with E-state index < -0.39 is 67.9 Å². The highest BCUT2D eigenvalue weighted by atomic mass is 19.1. The number of carbonyl (C=O) groups is 2. The molecule has 0 spiro atoms. The van der Waals surface area contributed by atoms with E-state index in [1.54, 1.807) is 12.2 Å². The van der Waals surface area contributed by atoms with E-state index in [1.807, 2.05) is 60.7 Å². The normalized spacial score (nSPS) is 28.9. The first-order valence-electron chi connectivity index (χ1n) is 13.0. The summed E-state index contributed by atoms with van der Waals surface area (Å²) >= 11 is 0. The van der Waals surface area contributed by atoms with Gasteiger partial charge >= 0.3 is 11.9 Å². The van der Waals surface area contributed by atoms with Crippen molar-refractivity contribution in [2.75, 3.05) is 27.4 Å². The van der Waals surface area contributed by atoms with Crippen molar-refractivity contribution in [2.24, 2.45) is 0 Å². The van der Waals surface area contributed by atoms with Gasteiger partial charge in [0.15, 0.2) is 31.0 Å². The highest BCUT2D eigenvalue weighted by Gasteiger charge is 2.48. The van der Waals surface area contributed by atoms with E-state index in [2.05, 4.69) is 4.74 Å². The van der Waals surface area contributed by atoms with E-state index in [9.17, 15) is 18.4 Å². The number of carbonyl (C=O) groups excluding carboxylic acids is 2. The van der Waals surface area contributed by atoms with Crippen LogP contribution in [0.5, 0.6) is 0 Å². The highest BCUT2D eigenvalue weighted by molar-refractivity contribution is 5.87. The van der Waals surface area contributed by atoms with Crippen LogP contribution in [0.3, 0.4) is 0 Å². The number of benzene rings is 2. The average molecular weight is 593 g/mol. The van der Waals surface area contributed by atoms with Gasteiger partial charge in [0.05, 0.1) is 6.61 Å². The van der Waals surface area contributed by atoms with Gasteiger partial charge in [-0.3, -0.25) is 0 Å². The maximum atomic E-state index is 14.6. The van der Waals surface area contributed by atoms with Gasteiger partial charge in [-0.2, -0.15) is 0 Å². The van der Waals surface area contributed by atoms with E-state index in [1.165, 1.54) is 26.4 Å². The Morgan fingerprint density at radius 1 is 0.810 bits per heavy atom. The minimum absolute atomic E-state index is 0.293. The molecule has 2 unspecified atom stereocenters. The number of rotatable bonds is 10. The van der Waals surface area contributed by atoms with E-state index >= 15 is 0 Å². The molecule has 228 valence electrons. The number of aliphatic hydroxyl groups is 2. The first-order chi connectivity index (χ1) is 20.3. The molecule has 2 aromatic carbocycles. The van der Waals surface area contributed by atoms with Crippen LogP contribution in [0.1, 0.15) is 11.1 Å². The van der Waals surface area contributed by atoms with Crippen LogP contribution >= 0.6 is 0 Å². The molecule has 0 bridgehead atoms. The molecule has 2 saturated heterocycles. The fourth-order valence-electron chi connectivity index (χ4n) is 4.02. The molecule has 2 aliphatic heterocycles. The number of halogens is 2. The third-order valence-corrected chi connectivity index (χ3v) is 6.23. The van der Waals surface area contributed by atoms with Crippen LogP contribution in [-0.4, -0.2) is 98.9 Å². The molecular formula is C30H34F2O10. The molecule has 12 heteroatoms. The molecule has 8 atom stereocenters. The van der Waals surface area contributed by atoms with Gasteiger partial charge in [0.25, 0.3) is 0 Å². The van der Waals surface area contributed by atoms with Crippen molar-refractivity contribution in [1.29, 1.82) is 0 Å². The maximum absolute atomic E-state index is 14.6. The number of aliphatic hydroxyl groups excluding tert-OH is 2. The zero-order valence-corrected chi connectivity index (χ0v) is 23.0. The minimum Gasteiger partial charge on any atom is -0.460 e. The van der Waals surface area contributed by atoms with Crippen LogP contribution in [0.15, 0.2) is 72.8 Å². The van der Waals surface area contributed by atoms with Crippen LogP contribution < -0.4 is 0 Å². The minimum atomic E-state index is -1.72. The van der Waals surface area contributed by atoms with Crippen LogP contribution in [0.4, 0.5) is 8.78 Å². The standard InChI is InChI=1S/C24H23FO6.C6H11FO4/c1-28-24-22(25)23(31-21(27)15-13-18-10-6-3-7-11-18)19(30-24)16-29-20(26)14-12-17-8-4-2-5-9-17;1-10-6-4(7)5(9)3(2-8)11-6/h2-15,19,22-24H,16H2,1H3;3-6,8-9H,2H2,1H3/b14-12+,15-13+;/t19-,22+,23-,24?;3-,4+,5-,6?/m11/s1. The van der Waals surface area contributed by atoms with E-state index in [0.29, 0.717) is 0 Å². The Labute approximate surface area is 242 Å². The Bertz CT molecular complexity index is 1150. The molecule has 0 aliphatic carbocycles. The third-order valence-electron chi connectivity index (χ3n) is 6.23. The molecule has 2 aliphatic rings. The number of methoxy groups -OCH3 is 2. The molecule has 42 heavy (non-hydrogen) atoms. The predicted octanol–water partition coefficient (Wildman–Crippen LogP) is 2.63. The number of hydrogen-bond acceptors (Lipinski definition) is 10. The van der Waals surface area contributed by atoms with Crippen LogP contribution in [-0.2, 0) is 38.0 Å². The lowest BCUT2D eigenvalue weighted by atomic mass is 10.1. The predicted molar refractivity (Wildman–Crippen MR) is 146 cm³/mol. The molecule has 0 radical (unpaired) electrons. The summed E-state index contributed by atoms with van der Waals surface area (Å²) in [4.78, 5) is 24.2. The number of hydrogen-bond donors (Lipinski definition) is 2. The lowest BCUT2D eigenvalue weighted by Gasteiger charge is -2.18. The summed E-state index contributed by atoms with van der Waals surface area (Å²) in [5, 5.41) is 17.6. The summed E-state index contributed by atoms with van der Waals surface area (Å²) in [6.07, 6.45) is -4.38. The number of ether oxygens (including phenoxy) is 6. The van der Waals surface area contributed by atoms with Crippen LogP contribution in [0.25, 0.3) is 12.2 Å². The van der Waals surface area contributed by atoms with Gasteiger partial charge in [-0.25, -0.2) is 18.4 Å². The third kappa shape index (κ3) is 9.51.